The topological polar surface area (TPSA) is 172 Å². The normalized spacial score (nSPS) is 17.4. The third-order valence-electron chi connectivity index (χ3n) is 10.0. The van der Waals surface area contributed by atoms with E-state index in [1.807, 2.05) is 0 Å². The van der Waals surface area contributed by atoms with Gasteiger partial charge in [0.05, 0.1) is 33.9 Å². The van der Waals surface area contributed by atoms with Crippen LogP contribution in [0.5, 0.6) is 0 Å². The van der Waals surface area contributed by atoms with Crippen molar-refractivity contribution in [2.45, 2.75) is 49.9 Å². The average Bonchev–Trinajstić information content (AvgIpc) is 3.69. The highest BCUT2D eigenvalue weighted by molar-refractivity contribution is 7.92. The van der Waals surface area contributed by atoms with Gasteiger partial charge >= 0.3 is 6.18 Å². The van der Waals surface area contributed by atoms with Crippen molar-refractivity contribution in [3.63, 3.8) is 0 Å². The third-order valence-corrected chi connectivity index (χ3v) is 10.9. The van der Waals surface area contributed by atoms with Crippen molar-refractivity contribution in [2.75, 3.05) is 11.0 Å². The first-order valence-electron chi connectivity index (χ1n) is 17.7. The highest BCUT2D eigenvalue weighted by Crippen LogP contribution is 2.68. The maximum atomic E-state index is 15.4. The number of sulfonamides is 1. The van der Waals surface area contributed by atoms with Gasteiger partial charge in [-0.3, -0.25) is 28.2 Å². The van der Waals surface area contributed by atoms with Gasteiger partial charge < -0.3 is 5.32 Å². The Kier molecular flexibility index (Phi) is 9.95. The van der Waals surface area contributed by atoms with Gasteiger partial charge in [0, 0.05) is 43.3 Å². The molecule has 2 aliphatic carbocycles. The summed E-state index contributed by atoms with van der Waals surface area (Å²) < 4.78 is 159. The maximum absolute atomic E-state index is 15.4. The molecule has 2 aromatic carbocycles. The van der Waals surface area contributed by atoms with E-state index < -0.39 is 117 Å². The number of hydrogen-bond acceptors (Lipinski definition) is 9. The number of anilines is 1. The molecule has 8 rings (SSSR count). The summed E-state index contributed by atoms with van der Waals surface area (Å²) in [6.45, 7) is -1.12. The number of halogens is 10. The molecule has 1 fully saturated rings. The third kappa shape index (κ3) is 7.65. The molecule has 61 heavy (non-hydrogen) atoms. The molecule has 320 valence electrons. The summed E-state index contributed by atoms with van der Waals surface area (Å²) >= 11 is 6.50. The van der Waals surface area contributed by atoms with Gasteiger partial charge in [0.2, 0.25) is 15.9 Å². The molecule has 1 saturated carbocycles. The Morgan fingerprint density at radius 3 is 2.41 bits per heavy atom. The van der Waals surface area contributed by atoms with E-state index in [4.69, 9.17) is 11.6 Å². The molecule has 1 amide bonds. The van der Waals surface area contributed by atoms with Crippen molar-refractivity contribution in [1.82, 2.24) is 44.4 Å². The first kappa shape index (κ1) is 41.7. The summed E-state index contributed by atoms with van der Waals surface area (Å²) in [5.74, 6) is -10.8. The van der Waals surface area contributed by atoms with Gasteiger partial charge in [0.15, 0.2) is 11.6 Å². The molecule has 14 nitrogen and oxygen atoms in total. The number of fused-ring (bicyclic) bond motifs is 4. The lowest BCUT2D eigenvalue weighted by atomic mass is 10.0. The molecule has 2 N–H and O–H groups in total. The molecule has 3 atom stereocenters. The monoisotopic (exact) mass is 900 g/mol. The smallest absolute Gasteiger partial charge is 0.344 e. The fourth-order valence-electron chi connectivity index (χ4n) is 7.64. The van der Waals surface area contributed by atoms with Gasteiger partial charge in [0.25, 0.3) is 17.9 Å². The van der Waals surface area contributed by atoms with Crippen LogP contribution in [-0.4, -0.2) is 59.7 Å². The first-order valence-corrected chi connectivity index (χ1v) is 20.0. The lowest BCUT2D eigenvalue weighted by Crippen LogP contribution is -2.38. The van der Waals surface area contributed by atoms with Crippen LogP contribution in [0.25, 0.3) is 28.1 Å². The van der Waals surface area contributed by atoms with Crippen LogP contribution in [0.15, 0.2) is 53.5 Å². The quantitative estimate of drug-likeness (QED) is 0.141. The average molecular weight is 901 g/mol. The van der Waals surface area contributed by atoms with Gasteiger partial charge in [-0.1, -0.05) is 11.6 Å². The minimum Gasteiger partial charge on any atom is -0.344 e. The van der Waals surface area contributed by atoms with Crippen LogP contribution in [0, 0.1) is 17.6 Å². The number of alkyl halides is 7. The fourth-order valence-corrected chi connectivity index (χ4v) is 8.38. The van der Waals surface area contributed by atoms with Gasteiger partial charge in [-0.25, -0.2) is 40.9 Å². The Morgan fingerprint density at radius 2 is 1.75 bits per heavy atom. The predicted octanol–water partition coefficient (Wildman–Crippen LogP) is 6.34. The Balaban J connectivity index is 1.34. The zero-order valence-corrected chi connectivity index (χ0v) is 32.5. The van der Waals surface area contributed by atoms with Crippen LogP contribution in [0.2, 0.25) is 5.02 Å². The highest BCUT2D eigenvalue weighted by atomic mass is 35.5. The van der Waals surface area contributed by atoms with Crippen molar-refractivity contribution >= 4 is 44.3 Å². The Bertz CT molecular complexity index is 2950. The molecule has 4 aromatic heterocycles. The molecular formula is C36H26ClF9N10O4S. The van der Waals surface area contributed by atoms with Gasteiger partial charge in [-0.15, -0.1) is 0 Å². The second kappa shape index (κ2) is 14.6. The minimum absolute atomic E-state index is 0.0545. The molecule has 2 aliphatic rings. The van der Waals surface area contributed by atoms with Crippen molar-refractivity contribution in [2.24, 2.45) is 13.0 Å². The molecule has 4 heterocycles. The molecule has 0 spiro atoms. The van der Waals surface area contributed by atoms with Crippen LogP contribution in [0.3, 0.4) is 0 Å². The SMILES string of the molecule is Cn1nc(NS(C)(=O)=O)c2c(Cl)ccc(-n3c([C@H](Cc4cc(F)cc(F)c4)NC(=O)Cn4nc(C(F)F)c5c4C(F)(F)[C@@H]4C[C@H]54)nc(-c4nccc(C(F)(F)F)n4)cc3=O)c21. The summed E-state index contributed by atoms with van der Waals surface area (Å²) in [5, 5.41) is 10.1. The van der Waals surface area contributed by atoms with E-state index in [-0.39, 0.29) is 45.0 Å². The number of nitrogens with zero attached hydrogens (tertiary/aromatic N) is 8. The number of aryl methyl sites for hydroxylation is 1. The van der Waals surface area contributed by atoms with E-state index in [1.165, 1.54) is 19.2 Å². The highest BCUT2D eigenvalue weighted by Gasteiger charge is 2.67. The van der Waals surface area contributed by atoms with E-state index in [9.17, 15) is 48.7 Å². The van der Waals surface area contributed by atoms with Crippen LogP contribution >= 0.6 is 11.6 Å². The molecule has 0 radical (unpaired) electrons. The first-order chi connectivity index (χ1) is 28.5. The number of aromatic nitrogens is 8. The van der Waals surface area contributed by atoms with Gasteiger partial charge in [-0.2, -0.15) is 32.1 Å². The Hall–Kier alpha value is -6.04. The van der Waals surface area contributed by atoms with Gasteiger partial charge in [-0.05, 0) is 48.2 Å². The van der Waals surface area contributed by atoms with Crippen molar-refractivity contribution in [3.05, 3.63) is 110 Å². The van der Waals surface area contributed by atoms with Crippen molar-refractivity contribution < 1.29 is 52.7 Å². The largest absolute Gasteiger partial charge is 0.433 e. The molecule has 6 aromatic rings. The lowest BCUT2D eigenvalue weighted by molar-refractivity contribution is -0.141. The van der Waals surface area contributed by atoms with Crippen molar-refractivity contribution in [1.29, 1.82) is 0 Å². The number of amides is 1. The summed E-state index contributed by atoms with van der Waals surface area (Å²) in [4.78, 5) is 40.1. The minimum atomic E-state index is -4.99. The number of carbonyl (C=O) groups is 1. The lowest BCUT2D eigenvalue weighted by Gasteiger charge is -2.24. The predicted molar refractivity (Wildman–Crippen MR) is 196 cm³/mol. The number of benzene rings is 2. The zero-order valence-electron chi connectivity index (χ0n) is 30.9. The molecule has 0 saturated heterocycles. The number of nitrogens with one attached hydrogen (secondary N) is 2. The summed E-state index contributed by atoms with van der Waals surface area (Å²) in [6.07, 6.45) is -7.45. The van der Waals surface area contributed by atoms with E-state index in [2.05, 4.69) is 35.2 Å². The second-order valence-electron chi connectivity index (χ2n) is 14.4. The van der Waals surface area contributed by atoms with E-state index in [0.29, 0.717) is 16.8 Å². The van der Waals surface area contributed by atoms with E-state index in [1.54, 1.807) is 0 Å². The Labute approximate surface area is 341 Å². The van der Waals surface area contributed by atoms with Crippen LogP contribution in [-0.2, 0) is 46.9 Å². The number of carbonyl (C=O) groups excluding carboxylic acids is 1. The van der Waals surface area contributed by atoms with Crippen LogP contribution < -0.4 is 15.6 Å². The summed E-state index contributed by atoms with van der Waals surface area (Å²) in [6, 6.07) is 4.19. The fraction of sp³-hybridized carbons (Fsp3) is 0.306. The zero-order chi connectivity index (χ0) is 44.1. The van der Waals surface area contributed by atoms with Crippen LogP contribution in [0.4, 0.5) is 45.3 Å². The molecule has 0 bridgehead atoms. The summed E-state index contributed by atoms with van der Waals surface area (Å²) in [7, 11) is -2.65. The number of rotatable bonds is 11. The summed E-state index contributed by atoms with van der Waals surface area (Å²) in [5.41, 5.74) is -5.77. The molecule has 0 unspecified atom stereocenters. The van der Waals surface area contributed by atoms with Crippen LogP contribution in [0.1, 0.15) is 58.8 Å². The maximum Gasteiger partial charge on any atom is 0.433 e. The van der Waals surface area contributed by atoms with E-state index >= 15 is 8.78 Å². The molecular weight excluding hydrogens is 875 g/mol. The Morgan fingerprint density at radius 1 is 1.05 bits per heavy atom. The van der Waals surface area contributed by atoms with Crippen molar-refractivity contribution in [3.8, 4) is 17.2 Å². The molecule has 25 heteroatoms. The standard InChI is InChI=1S/C36H26ClF9N10O4S/c1-54-29-22(4-3-19(37)27(29)33(52-54)53-61(2,59)60)56-25(58)12-20(32-47-6-5-23(50-32)36(44,45)46)49-34(56)21(9-14-7-15(38)10-16(39)8-14)48-24(57)13-55-30-26(28(51-55)31(40)41)17-11-18(17)35(30,42)43/h3-8,10,12,17-18,21,31H,9,11,13H2,1-2H3,(H,48,57)(H,52,53)/t17-,18+,21-/m0/s1. The van der Waals surface area contributed by atoms with Gasteiger partial charge in [0.1, 0.15) is 46.8 Å². The second-order valence-corrected chi connectivity index (χ2v) is 16.5. The number of hydrogen-bond donors (Lipinski definition) is 2. The molecule has 0 aliphatic heterocycles. The van der Waals surface area contributed by atoms with E-state index in [0.717, 1.165) is 39.9 Å².